The van der Waals surface area contributed by atoms with Gasteiger partial charge in [-0.15, -0.1) is 0 Å². The number of amides is 2. The van der Waals surface area contributed by atoms with Gasteiger partial charge < -0.3 is 5.11 Å². The van der Waals surface area contributed by atoms with Crippen LogP contribution in [0.2, 0.25) is 0 Å². The monoisotopic (exact) mass is 254 g/mol. The van der Waals surface area contributed by atoms with Crippen LogP contribution in [0, 0.1) is 0 Å². The van der Waals surface area contributed by atoms with Crippen molar-refractivity contribution >= 4 is 17.8 Å². The van der Waals surface area contributed by atoms with Gasteiger partial charge >= 0.3 is 5.97 Å². The number of hydrogen-bond acceptors (Lipinski definition) is 4. The molecule has 2 atom stereocenters. The number of nitrogens with zero attached hydrogens (tertiary/aromatic N) is 2. The van der Waals surface area contributed by atoms with Crippen LogP contribution in [-0.2, 0) is 14.4 Å². The number of aliphatic carboxylic acids is 1. The molecule has 2 heterocycles. The summed E-state index contributed by atoms with van der Waals surface area (Å²) >= 11 is 0. The Labute approximate surface area is 106 Å². The average molecular weight is 254 g/mol. The Balaban J connectivity index is 2.11. The molecule has 6 nitrogen and oxygen atoms in total. The van der Waals surface area contributed by atoms with Crippen LogP contribution in [0.5, 0.6) is 0 Å². The zero-order valence-corrected chi connectivity index (χ0v) is 10.5. The number of piperidine rings is 1. The molecular formula is C12H18N2O4. The third-order valence-corrected chi connectivity index (χ3v) is 3.84. The Bertz CT molecular complexity index is 382. The molecule has 0 aromatic carbocycles. The van der Waals surface area contributed by atoms with E-state index in [1.54, 1.807) is 0 Å². The molecule has 2 unspecified atom stereocenters. The predicted octanol–water partition coefficient (Wildman–Crippen LogP) is 0.0729. The van der Waals surface area contributed by atoms with Gasteiger partial charge in [-0.05, 0) is 19.4 Å². The van der Waals surface area contributed by atoms with E-state index in [0.29, 0.717) is 6.54 Å². The van der Waals surface area contributed by atoms with Gasteiger partial charge in [0.05, 0.1) is 18.9 Å². The molecule has 0 aromatic rings. The van der Waals surface area contributed by atoms with E-state index in [0.717, 1.165) is 24.2 Å². The van der Waals surface area contributed by atoms with E-state index in [-0.39, 0.29) is 30.7 Å². The lowest BCUT2D eigenvalue weighted by Crippen LogP contribution is -2.50. The number of likely N-dealkylation sites (tertiary alicyclic amines) is 2. The Morgan fingerprint density at radius 1 is 1.39 bits per heavy atom. The van der Waals surface area contributed by atoms with Crippen molar-refractivity contribution in [2.75, 3.05) is 13.6 Å². The van der Waals surface area contributed by atoms with E-state index < -0.39 is 12.0 Å². The molecule has 2 rings (SSSR count). The summed E-state index contributed by atoms with van der Waals surface area (Å²) in [6.45, 7) is 0.704. The quantitative estimate of drug-likeness (QED) is 0.721. The van der Waals surface area contributed by atoms with Crippen molar-refractivity contribution in [2.24, 2.45) is 0 Å². The van der Waals surface area contributed by atoms with Gasteiger partial charge in [-0.2, -0.15) is 0 Å². The smallest absolute Gasteiger partial charge is 0.304 e. The molecule has 0 bridgehead atoms. The number of carboxylic acids is 1. The van der Waals surface area contributed by atoms with E-state index in [9.17, 15) is 14.4 Å². The highest BCUT2D eigenvalue weighted by Gasteiger charge is 2.43. The summed E-state index contributed by atoms with van der Waals surface area (Å²) < 4.78 is 0. The second kappa shape index (κ2) is 5.06. The molecule has 0 saturated carbocycles. The van der Waals surface area contributed by atoms with Gasteiger partial charge in [0, 0.05) is 13.1 Å². The molecule has 2 fully saturated rings. The Kier molecular flexibility index (Phi) is 3.65. The van der Waals surface area contributed by atoms with Crippen molar-refractivity contribution in [2.45, 2.75) is 44.2 Å². The molecule has 0 spiro atoms. The van der Waals surface area contributed by atoms with Gasteiger partial charge in [-0.3, -0.25) is 24.2 Å². The van der Waals surface area contributed by atoms with Gasteiger partial charge in [-0.25, -0.2) is 0 Å². The maximum Gasteiger partial charge on any atom is 0.304 e. The maximum atomic E-state index is 12.0. The summed E-state index contributed by atoms with van der Waals surface area (Å²) in [5, 5.41) is 8.91. The first kappa shape index (κ1) is 13.0. The first-order chi connectivity index (χ1) is 8.50. The van der Waals surface area contributed by atoms with Crippen LogP contribution in [0.15, 0.2) is 0 Å². The largest absolute Gasteiger partial charge is 0.481 e. The molecule has 0 aliphatic carbocycles. The van der Waals surface area contributed by atoms with Crippen LogP contribution in [0.25, 0.3) is 0 Å². The van der Waals surface area contributed by atoms with Crippen LogP contribution in [0.4, 0.5) is 0 Å². The van der Waals surface area contributed by atoms with E-state index in [1.807, 2.05) is 4.90 Å². The fourth-order valence-corrected chi connectivity index (χ4v) is 2.85. The highest BCUT2D eigenvalue weighted by molar-refractivity contribution is 6.05. The average Bonchev–Trinajstić information content (AvgIpc) is 2.57. The maximum absolute atomic E-state index is 12.0. The van der Waals surface area contributed by atoms with E-state index in [2.05, 4.69) is 0 Å². The number of carbonyl (C=O) groups is 3. The Morgan fingerprint density at radius 2 is 2.11 bits per heavy atom. The number of carbonyl (C=O) groups excluding carboxylic acids is 2. The van der Waals surface area contributed by atoms with Gasteiger partial charge in [0.15, 0.2) is 0 Å². The van der Waals surface area contributed by atoms with Crippen LogP contribution >= 0.6 is 0 Å². The van der Waals surface area contributed by atoms with Crippen molar-refractivity contribution < 1.29 is 19.5 Å². The van der Waals surface area contributed by atoms with Crippen LogP contribution < -0.4 is 0 Å². The van der Waals surface area contributed by atoms with E-state index in [4.69, 9.17) is 5.11 Å². The summed E-state index contributed by atoms with van der Waals surface area (Å²) in [5.74, 6) is -1.22. The summed E-state index contributed by atoms with van der Waals surface area (Å²) in [6, 6.07) is -0.573. The first-order valence-corrected chi connectivity index (χ1v) is 6.28. The van der Waals surface area contributed by atoms with Crippen LogP contribution in [0.3, 0.4) is 0 Å². The molecule has 0 aromatic heterocycles. The molecule has 18 heavy (non-hydrogen) atoms. The summed E-state index contributed by atoms with van der Waals surface area (Å²) in [5.41, 5.74) is 0. The van der Waals surface area contributed by atoms with Gasteiger partial charge in [-0.1, -0.05) is 6.42 Å². The summed E-state index contributed by atoms with van der Waals surface area (Å²) in [7, 11) is 1.49. The second-order valence-electron chi connectivity index (χ2n) is 5.00. The van der Waals surface area contributed by atoms with E-state index >= 15 is 0 Å². The Hall–Kier alpha value is -1.43. The topological polar surface area (TPSA) is 77.9 Å². The van der Waals surface area contributed by atoms with Crippen LogP contribution in [0.1, 0.15) is 32.1 Å². The molecule has 100 valence electrons. The SMILES string of the molecule is CN1C(=O)CC(N2CCCCC2CC(=O)O)C1=O. The number of hydrogen-bond donors (Lipinski definition) is 1. The fourth-order valence-electron chi connectivity index (χ4n) is 2.85. The molecule has 6 heteroatoms. The van der Waals surface area contributed by atoms with Crippen molar-refractivity contribution in [3.8, 4) is 0 Å². The molecule has 2 amide bonds. The molecule has 2 saturated heterocycles. The lowest BCUT2D eigenvalue weighted by atomic mass is 9.96. The van der Waals surface area contributed by atoms with Crippen LogP contribution in [-0.4, -0.2) is 58.4 Å². The van der Waals surface area contributed by atoms with Gasteiger partial charge in [0.1, 0.15) is 0 Å². The highest BCUT2D eigenvalue weighted by Crippen LogP contribution is 2.27. The zero-order chi connectivity index (χ0) is 13.3. The summed E-state index contributed by atoms with van der Waals surface area (Å²) in [6.07, 6.45) is 2.96. The third kappa shape index (κ3) is 2.38. The summed E-state index contributed by atoms with van der Waals surface area (Å²) in [4.78, 5) is 37.4. The van der Waals surface area contributed by atoms with Crippen molar-refractivity contribution in [1.82, 2.24) is 9.80 Å². The third-order valence-electron chi connectivity index (χ3n) is 3.84. The number of imide groups is 1. The standard InChI is InChI=1S/C12H18N2O4/c1-13-10(15)7-9(12(13)18)14-5-3-2-4-8(14)6-11(16)17/h8-9H,2-7H2,1H3,(H,16,17). The van der Waals surface area contributed by atoms with Crippen molar-refractivity contribution in [3.05, 3.63) is 0 Å². The van der Waals surface area contributed by atoms with Gasteiger partial charge in [0.25, 0.3) is 0 Å². The van der Waals surface area contributed by atoms with Crippen molar-refractivity contribution in [1.29, 1.82) is 0 Å². The van der Waals surface area contributed by atoms with Gasteiger partial charge in [0.2, 0.25) is 11.8 Å². The molecule has 2 aliphatic heterocycles. The van der Waals surface area contributed by atoms with Crippen molar-refractivity contribution in [3.63, 3.8) is 0 Å². The number of rotatable bonds is 3. The minimum Gasteiger partial charge on any atom is -0.481 e. The second-order valence-corrected chi connectivity index (χ2v) is 5.00. The molecule has 1 N–H and O–H groups in total. The molecule has 0 radical (unpaired) electrons. The highest BCUT2D eigenvalue weighted by atomic mass is 16.4. The zero-order valence-electron chi connectivity index (χ0n) is 10.5. The molecular weight excluding hydrogens is 236 g/mol. The number of carboxylic acid groups (broad SMARTS) is 1. The minimum atomic E-state index is -0.850. The minimum absolute atomic E-state index is 0.0433. The lowest BCUT2D eigenvalue weighted by molar-refractivity contribution is -0.142. The normalized spacial score (nSPS) is 29.9. The predicted molar refractivity (Wildman–Crippen MR) is 62.8 cm³/mol. The first-order valence-electron chi connectivity index (χ1n) is 6.28. The molecule has 2 aliphatic rings. The Morgan fingerprint density at radius 3 is 2.67 bits per heavy atom. The lowest BCUT2D eigenvalue weighted by Gasteiger charge is -2.37. The fraction of sp³-hybridized carbons (Fsp3) is 0.750. The number of likely N-dealkylation sites (N-methyl/N-ethyl adjacent to an activating group) is 1. The van der Waals surface area contributed by atoms with E-state index in [1.165, 1.54) is 7.05 Å².